The van der Waals surface area contributed by atoms with E-state index in [-0.39, 0.29) is 0 Å². The van der Waals surface area contributed by atoms with Crippen LogP contribution in [-0.4, -0.2) is 21.2 Å². The Hall–Kier alpha value is -2.68. The highest BCUT2D eigenvalue weighted by molar-refractivity contribution is 5.55. The minimum absolute atomic E-state index is 0.452. The number of nitrogens with zero attached hydrogens (tertiary/aromatic N) is 4. The third-order valence-electron chi connectivity index (χ3n) is 4.04. The second-order valence-corrected chi connectivity index (χ2v) is 5.81. The van der Waals surface area contributed by atoms with E-state index in [1.807, 2.05) is 12.1 Å². The van der Waals surface area contributed by atoms with Crippen molar-refractivity contribution >= 4 is 17.5 Å². The van der Waals surface area contributed by atoms with E-state index in [9.17, 15) is 0 Å². The van der Waals surface area contributed by atoms with Gasteiger partial charge in [0.25, 0.3) is 0 Å². The van der Waals surface area contributed by atoms with Crippen LogP contribution in [0.15, 0.2) is 30.5 Å². The summed E-state index contributed by atoms with van der Waals surface area (Å²) in [7, 11) is 0. The molecule has 0 amide bonds. The number of benzene rings is 1. The van der Waals surface area contributed by atoms with Crippen molar-refractivity contribution in [1.29, 1.82) is 5.26 Å². The van der Waals surface area contributed by atoms with Gasteiger partial charge in [0, 0.05) is 11.7 Å². The summed E-state index contributed by atoms with van der Waals surface area (Å²) in [6.07, 6.45) is 9.22. The van der Waals surface area contributed by atoms with Gasteiger partial charge in [-0.25, -0.2) is 0 Å². The highest BCUT2D eigenvalue weighted by Crippen LogP contribution is 2.21. The second-order valence-electron chi connectivity index (χ2n) is 5.81. The molecule has 0 saturated heterocycles. The molecule has 1 heterocycles. The van der Waals surface area contributed by atoms with E-state index in [1.54, 1.807) is 18.3 Å². The summed E-state index contributed by atoms with van der Waals surface area (Å²) in [5, 5.41) is 23.4. The predicted molar refractivity (Wildman–Crippen MR) is 89.4 cm³/mol. The first-order chi connectivity index (χ1) is 11.3. The lowest BCUT2D eigenvalue weighted by Gasteiger charge is -2.16. The molecule has 2 aromatic rings. The molecule has 1 aliphatic rings. The molecular formula is C17H20N6. The summed E-state index contributed by atoms with van der Waals surface area (Å²) in [5.41, 5.74) is 1.45. The molecule has 1 saturated carbocycles. The van der Waals surface area contributed by atoms with Crippen LogP contribution in [0, 0.1) is 11.3 Å². The van der Waals surface area contributed by atoms with Crippen LogP contribution in [0.4, 0.5) is 17.5 Å². The number of hydrogen-bond donors (Lipinski definition) is 2. The molecule has 1 fully saturated rings. The fourth-order valence-corrected chi connectivity index (χ4v) is 2.82. The minimum atomic E-state index is 0.452. The summed E-state index contributed by atoms with van der Waals surface area (Å²) < 4.78 is 0. The third-order valence-corrected chi connectivity index (χ3v) is 4.04. The fourth-order valence-electron chi connectivity index (χ4n) is 2.82. The van der Waals surface area contributed by atoms with Crippen molar-refractivity contribution in [3.8, 4) is 6.07 Å². The van der Waals surface area contributed by atoms with E-state index < -0.39 is 0 Å². The van der Waals surface area contributed by atoms with Gasteiger partial charge in [0.2, 0.25) is 5.95 Å². The Morgan fingerprint density at radius 1 is 1.04 bits per heavy atom. The normalized spacial score (nSPS) is 15.4. The van der Waals surface area contributed by atoms with Crippen LogP contribution in [0.3, 0.4) is 0 Å². The van der Waals surface area contributed by atoms with Crippen LogP contribution >= 0.6 is 0 Å². The molecule has 23 heavy (non-hydrogen) atoms. The smallest absolute Gasteiger partial charge is 0.249 e. The van der Waals surface area contributed by atoms with E-state index in [1.165, 1.54) is 38.5 Å². The molecule has 1 aromatic heterocycles. The topological polar surface area (TPSA) is 86.5 Å². The standard InChI is InChI=1S/C17H20N6/c18-11-13-7-9-15(10-8-13)21-17-22-16(12-19-23-17)20-14-5-3-1-2-4-6-14/h7-10,12,14H,1-6H2,(H2,20,21,22,23). The van der Waals surface area contributed by atoms with Gasteiger partial charge < -0.3 is 10.6 Å². The van der Waals surface area contributed by atoms with Crippen molar-refractivity contribution in [2.45, 2.75) is 44.6 Å². The van der Waals surface area contributed by atoms with Gasteiger partial charge in [0.15, 0.2) is 5.82 Å². The third kappa shape index (κ3) is 4.39. The summed E-state index contributed by atoms with van der Waals surface area (Å²) in [5.74, 6) is 1.20. The molecule has 0 aliphatic heterocycles. The number of nitriles is 1. The lowest BCUT2D eigenvalue weighted by atomic mass is 10.1. The Morgan fingerprint density at radius 3 is 2.48 bits per heavy atom. The van der Waals surface area contributed by atoms with E-state index in [0.29, 0.717) is 17.6 Å². The molecule has 2 N–H and O–H groups in total. The van der Waals surface area contributed by atoms with E-state index in [2.05, 4.69) is 31.9 Å². The zero-order valence-electron chi connectivity index (χ0n) is 13.0. The average molecular weight is 308 g/mol. The van der Waals surface area contributed by atoms with Gasteiger partial charge in [-0.1, -0.05) is 25.7 Å². The molecule has 6 heteroatoms. The van der Waals surface area contributed by atoms with Gasteiger partial charge in [-0.2, -0.15) is 15.3 Å². The zero-order chi connectivity index (χ0) is 15.9. The molecule has 0 unspecified atom stereocenters. The number of rotatable bonds is 4. The summed E-state index contributed by atoms with van der Waals surface area (Å²) in [6.45, 7) is 0. The van der Waals surface area contributed by atoms with Gasteiger partial charge in [0.1, 0.15) is 0 Å². The predicted octanol–water partition coefficient (Wildman–Crippen LogP) is 3.62. The van der Waals surface area contributed by atoms with Gasteiger partial charge in [0.05, 0.1) is 17.8 Å². The highest BCUT2D eigenvalue weighted by atomic mass is 15.3. The van der Waals surface area contributed by atoms with Crippen molar-refractivity contribution in [2.75, 3.05) is 10.6 Å². The van der Waals surface area contributed by atoms with Crippen molar-refractivity contribution in [3.63, 3.8) is 0 Å². The maximum absolute atomic E-state index is 8.82. The first-order valence-corrected chi connectivity index (χ1v) is 8.07. The number of nitrogens with one attached hydrogen (secondary N) is 2. The number of anilines is 3. The monoisotopic (exact) mass is 308 g/mol. The molecule has 0 spiro atoms. The highest BCUT2D eigenvalue weighted by Gasteiger charge is 2.13. The number of aromatic nitrogens is 3. The largest absolute Gasteiger partial charge is 0.366 e. The Morgan fingerprint density at radius 2 is 1.78 bits per heavy atom. The zero-order valence-corrected chi connectivity index (χ0v) is 13.0. The lowest BCUT2D eigenvalue weighted by molar-refractivity contribution is 0.617. The Labute approximate surface area is 136 Å². The molecule has 3 rings (SSSR count). The quantitative estimate of drug-likeness (QED) is 0.839. The van der Waals surface area contributed by atoms with Crippen molar-refractivity contribution in [2.24, 2.45) is 0 Å². The molecule has 0 atom stereocenters. The SMILES string of the molecule is N#Cc1ccc(Nc2nncc(NC3CCCCCC3)n2)cc1. The van der Waals surface area contributed by atoms with E-state index in [0.717, 1.165) is 11.5 Å². The first kappa shape index (κ1) is 15.2. The van der Waals surface area contributed by atoms with Gasteiger partial charge in [-0.3, -0.25) is 0 Å². The number of hydrogen-bond acceptors (Lipinski definition) is 6. The maximum atomic E-state index is 8.82. The van der Waals surface area contributed by atoms with E-state index >= 15 is 0 Å². The Kier molecular flexibility index (Phi) is 4.99. The van der Waals surface area contributed by atoms with Crippen LogP contribution in [0.2, 0.25) is 0 Å². The Bertz CT molecular complexity index is 668. The second kappa shape index (κ2) is 7.54. The van der Waals surface area contributed by atoms with Crippen LogP contribution in [0.5, 0.6) is 0 Å². The first-order valence-electron chi connectivity index (χ1n) is 8.07. The minimum Gasteiger partial charge on any atom is -0.366 e. The van der Waals surface area contributed by atoms with Crippen molar-refractivity contribution in [3.05, 3.63) is 36.0 Å². The summed E-state index contributed by atoms with van der Waals surface area (Å²) in [6, 6.07) is 9.73. The molecule has 0 radical (unpaired) electrons. The summed E-state index contributed by atoms with van der Waals surface area (Å²) in [4.78, 5) is 4.47. The Balaban J connectivity index is 1.65. The van der Waals surface area contributed by atoms with Crippen LogP contribution in [-0.2, 0) is 0 Å². The van der Waals surface area contributed by atoms with Crippen LogP contribution < -0.4 is 10.6 Å². The molecule has 1 aliphatic carbocycles. The maximum Gasteiger partial charge on any atom is 0.249 e. The lowest BCUT2D eigenvalue weighted by Crippen LogP contribution is -2.19. The van der Waals surface area contributed by atoms with Gasteiger partial charge >= 0.3 is 0 Å². The molecule has 6 nitrogen and oxygen atoms in total. The molecule has 1 aromatic carbocycles. The summed E-state index contributed by atoms with van der Waals surface area (Å²) >= 11 is 0. The molecule has 118 valence electrons. The molecular weight excluding hydrogens is 288 g/mol. The van der Waals surface area contributed by atoms with Gasteiger partial charge in [-0.05, 0) is 37.1 Å². The average Bonchev–Trinajstić information content (AvgIpc) is 2.85. The van der Waals surface area contributed by atoms with E-state index in [4.69, 9.17) is 5.26 Å². The van der Waals surface area contributed by atoms with Gasteiger partial charge in [-0.15, -0.1) is 5.10 Å². The van der Waals surface area contributed by atoms with Crippen molar-refractivity contribution < 1.29 is 0 Å². The van der Waals surface area contributed by atoms with Crippen LogP contribution in [0.25, 0.3) is 0 Å². The van der Waals surface area contributed by atoms with Crippen LogP contribution in [0.1, 0.15) is 44.1 Å². The fraction of sp³-hybridized carbons (Fsp3) is 0.412. The van der Waals surface area contributed by atoms with Crippen molar-refractivity contribution in [1.82, 2.24) is 15.2 Å². The molecule has 0 bridgehead atoms.